The van der Waals surface area contributed by atoms with Gasteiger partial charge in [0.05, 0.1) is 12.5 Å². The van der Waals surface area contributed by atoms with Crippen molar-refractivity contribution < 1.29 is 4.79 Å². The monoisotopic (exact) mass is 228 g/mol. The number of amides is 1. The van der Waals surface area contributed by atoms with Gasteiger partial charge < -0.3 is 4.90 Å². The molecule has 1 aliphatic rings. The van der Waals surface area contributed by atoms with Gasteiger partial charge in [0.1, 0.15) is 0 Å². The first-order chi connectivity index (χ1) is 8.31. The standard InChI is InChI=1S/C14H16N2O/c15-8-7-12-5-4-6-13(11-12)14(17)16-9-2-1-3-10-16/h4-6,11H,1-3,7,9-10H2. The average molecular weight is 228 g/mol. The number of nitrogens with zero attached hydrogens (tertiary/aromatic N) is 2. The zero-order chi connectivity index (χ0) is 12.1. The first-order valence-electron chi connectivity index (χ1n) is 6.06. The maximum Gasteiger partial charge on any atom is 0.253 e. The van der Waals surface area contributed by atoms with Crippen LogP contribution in [0.25, 0.3) is 0 Å². The van der Waals surface area contributed by atoms with Crippen LogP contribution < -0.4 is 0 Å². The lowest BCUT2D eigenvalue weighted by molar-refractivity contribution is 0.0724. The molecule has 1 heterocycles. The van der Waals surface area contributed by atoms with Crippen molar-refractivity contribution in [3.05, 3.63) is 35.4 Å². The van der Waals surface area contributed by atoms with Crippen LogP contribution >= 0.6 is 0 Å². The molecule has 0 atom stereocenters. The van der Waals surface area contributed by atoms with Crippen molar-refractivity contribution in [1.82, 2.24) is 4.90 Å². The summed E-state index contributed by atoms with van der Waals surface area (Å²) >= 11 is 0. The van der Waals surface area contributed by atoms with E-state index in [1.54, 1.807) is 0 Å². The van der Waals surface area contributed by atoms with Gasteiger partial charge in [0.2, 0.25) is 0 Å². The summed E-state index contributed by atoms with van der Waals surface area (Å²) in [5.74, 6) is 0.101. The smallest absolute Gasteiger partial charge is 0.253 e. The first-order valence-corrected chi connectivity index (χ1v) is 6.06. The molecular formula is C14H16N2O. The Morgan fingerprint density at radius 1 is 1.29 bits per heavy atom. The highest BCUT2D eigenvalue weighted by atomic mass is 16.2. The number of carbonyl (C=O) groups excluding carboxylic acids is 1. The fourth-order valence-corrected chi connectivity index (χ4v) is 2.19. The first kappa shape index (κ1) is 11.7. The number of hydrogen-bond donors (Lipinski definition) is 0. The van der Waals surface area contributed by atoms with Crippen molar-refractivity contribution in [2.24, 2.45) is 0 Å². The van der Waals surface area contributed by atoms with Crippen LogP contribution in [0, 0.1) is 11.3 Å². The van der Waals surface area contributed by atoms with Gasteiger partial charge in [-0.05, 0) is 37.0 Å². The Morgan fingerprint density at radius 3 is 2.76 bits per heavy atom. The Labute approximate surface area is 102 Å². The fraction of sp³-hybridized carbons (Fsp3) is 0.429. The lowest BCUT2D eigenvalue weighted by Crippen LogP contribution is -2.35. The minimum absolute atomic E-state index is 0.101. The van der Waals surface area contributed by atoms with Gasteiger partial charge in [0.25, 0.3) is 5.91 Å². The number of likely N-dealkylation sites (tertiary alicyclic amines) is 1. The summed E-state index contributed by atoms with van der Waals surface area (Å²) in [6, 6.07) is 9.51. The van der Waals surface area contributed by atoms with Crippen molar-refractivity contribution in [2.75, 3.05) is 13.1 Å². The van der Waals surface area contributed by atoms with E-state index in [2.05, 4.69) is 6.07 Å². The third-order valence-corrected chi connectivity index (χ3v) is 3.10. The van der Waals surface area contributed by atoms with Crippen LogP contribution in [0.2, 0.25) is 0 Å². The number of hydrogen-bond acceptors (Lipinski definition) is 2. The third-order valence-electron chi connectivity index (χ3n) is 3.10. The van der Waals surface area contributed by atoms with E-state index in [-0.39, 0.29) is 5.91 Å². The molecule has 0 N–H and O–H groups in total. The van der Waals surface area contributed by atoms with Crippen molar-refractivity contribution in [3.8, 4) is 6.07 Å². The third kappa shape index (κ3) is 2.85. The molecule has 1 fully saturated rings. The topological polar surface area (TPSA) is 44.1 Å². The normalized spacial score (nSPS) is 15.4. The molecule has 2 rings (SSSR count). The van der Waals surface area contributed by atoms with Crippen molar-refractivity contribution in [2.45, 2.75) is 25.7 Å². The highest BCUT2D eigenvalue weighted by Crippen LogP contribution is 2.14. The van der Waals surface area contributed by atoms with E-state index in [1.807, 2.05) is 29.2 Å². The molecule has 1 aromatic rings. The zero-order valence-corrected chi connectivity index (χ0v) is 9.85. The molecule has 1 aromatic carbocycles. The second-order valence-corrected chi connectivity index (χ2v) is 4.39. The summed E-state index contributed by atoms with van der Waals surface area (Å²) in [7, 11) is 0. The summed E-state index contributed by atoms with van der Waals surface area (Å²) in [6.07, 6.45) is 3.78. The van der Waals surface area contributed by atoms with Crippen molar-refractivity contribution in [1.29, 1.82) is 5.26 Å². The summed E-state index contributed by atoms with van der Waals surface area (Å²) in [5.41, 5.74) is 1.62. The molecule has 88 valence electrons. The van der Waals surface area contributed by atoms with E-state index in [0.29, 0.717) is 12.0 Å². The van der Waals surface area contributed by atoms with E-state index in [9.17, 15) is 4.79 Å². The molecule has 3 nitrogen and oxygen atoms in total. The Morgan fingerprint density at radius 2 is 2.06 bits per heavy atom. The van der Waals surface area contributed by atoms with Gasteiger partial charge in [-0.3, -0.25) is 4.79 Å². The minimum Gasteiger partial charge on any atom is -0.339 e. The van der Waals surface area contributed by atoms with Crippen LogP contribution in [-0.4, -0.2) is 23.9 Å². The Bertz CT molecular complexity index is 442. The van der Waals surface area contributed by atoms with Crippen LogP contribution in [0.5, 0.6) is 0 Å². The second kappa shape index (κ2) is 5.49. The van der Waals surface area contributed by atoms with E-state index in [4.69, 9.17) is 5.26 Å². The lowest BCUT2D eigenvalue weighted by Gasteiger charge is -2.26. The predicted octanol–water partition coefficient (Wildman–Crippen LogP) is 2.38. The molecule has 17 heavy (non-hydrogen) atoms. The van der Waals surface area contributed by atoms with Crippen molar-refractivity contribution in [3.63, 3.8) is 0 Å². The Kier molecular flexibility index (Phi) is 3.77. The molecule has 0 aliphatic carbocycles. The second-order valence-electron chi connectivity index (χ2n) is 4.39. The highest BCUT2D eigenvalue weighted by Gasteiger charge is 2.17. The molecule has 0 saturated carbocycles. The maximum absolute atomic E-state index is 12.2. The van der Waals surface area contributed by atoms with E-state index in [0.717, 1.165) is 31.5 Å². The lowest BCUT2D eigenvalue weighted by atomic mass is 10.1. The maximum atomic E-state index is 12.2. The van der Waals surface area contributed by atoms with Crippen LogP contribution in [0.4, 0.5) is 0 Å². The summed E-state index contributed by atoms with van der Waals surface area (Å²) in [6.45, 7) is 1.72. The number of piperidine rings is 1. The van der Waals surface area contributed by atoms with Gasteiger partial charge in [0, 0.05) is 18.7 Å². The fourth-order valence-electron chi connectivity index (χ4n) is 2.19. The molecule has 0 unspecified atom stereocenters. The van der Waals surface area contributed by atoms with Gasteiger partial charge in [0.15, 0.2) is 0 Å². The predicted molar refractivity (Wildman–Crippen MR) is 65.5 cm³/mol. The van der Waals surface area contributed by atoms with Gasteiger partial charge in [-0.25, -0.2) is 0 Å². The Balaban J connectivity index is 2.13. The molecule has 0 aromatic heterocycles. The zero-order valence-electron chi connectivity index (χ0n) is 9.85. The van der Waals surface area contributed by atoms with Gasteiger partial charge in [-0.1, -0.05) is 12.1 Å². The van der Waals surface area contributed by atoms with E-state index in [1.165, 1.54) is 6.42 Å². The van der Waals surface area contributed by atoms with Crippen LogP contribution in [0.3, 0.4) is 0 Å². The van der Waals surface area contributed by atoms with Gasteiger partial charge >= 0.3 is 0 Å². The molecular weight excluding hydrogens is 212 g/mol. The van der Waals surface area contributed by atoms with Crippen LogP contribution in [0.1, 0.15) is 35.2 Å². The van der Waals surface area contributed by atoms with Crippen LogP contribution in [-0.2, 0) is 6.42 Å². The SMILES string of the molecule is N#CCc1cccc(C(=O)N2CCCCC2)c1. The van der Waals surface area contributed by atoms with E-state index >= 15 is 0 Å². The average Bonchev–Trinajstić information content (AvgIpc) is 2.40. The quantitative estimate of drug-likeness (QED) is 0.780. The largest absolute Gasteiger partial charge is 0.339 e. The highest BCUT2D eigenvalue weighted by molar-refractivity contribution is 5.94. The van der Waals surface area contributed by atoms with Crippen molar-refractivity contribution >= 4 is 5.91 Å². The Hall–Kier alpha value is -1.82. The molecule has 0 spiro atoms. The molecule has 1 amide bonds. The van der Waals surface area contributed by atoms with E-state index < -0.39 is 0 Å². The summed E-state index contributed by atoms with van der Waals surface area (Å²) in [4.78, 5) is 14.1. The van der Waals surface area contributed by atoms with Crippen LogP contribution in [0.15, 0.2) is 24.3 Å². The molecule has 1 saturated heterocycles. The number of rotatable bonds is 2. The molecule has 0 bridgehead atoms. The molecule has 1 aliphatic heterocycles. The summed E-state index contributed by atoms with van der Waals surface area (Å²) < 4.78 is 0. The number of benzene rings is 1. The molecule has 0 radical (unpaired) electrons. The number of nitriles is 1. The minimum atomic E-state index is 0.101. The number of carbonyl (C=O) groups is 1. The summed E-state index contributed by atoms with van der Waals surface area (Å²) in [5, 5.41) is 8.65. The molecule has 3 heteroatoms. The van der Waals surface area contributed by atoms with Gasteiger partial charge in [-0.2, -0.15) is 5.26 Å². The van der Waals surface area contributed by atoms with Gasteiger partial charge in [-0.15, -0.1) is 0 Å².